The molecule has 2 heterocycles. The highest BCUT2D eigenvalue weighted by Gasteiger charge is 2.43. The average Bonchev–Trinajstić information content (AvgIpc) is 2.98. The Balaban J connectivity index is 2.01. The normalized spacial score (nSPS) is 14.7. The minimum atomic E-state index is -0.472. The van der Waals surface area contributed by atoms with Gasteiger partial charge in [0, 0.05) is 15.6 Å². The molecule has 0 radical (unpaired) electrons. The number of hydrogen-bond acceptors (Lipinski definition) is 4. The molecule has 0 saturated heterocycles. The summed E-state index contributed by atoms with van der Waals surface area (Å²) >= 11 is 9.15. The van der Waals surface area contributed by atoms with E-state index in [-0.39, 0.29) is 5.91 Å². The lowest BCUT2D eigenvalue weighted by Gasteiger charge is -2.43. The molecule has 26 heavy (non-hydrogen) atoms. The zero-order valence-electron chi connectivity index (χ0n) is 14.5. The van der Waals surface area contributed by atoms with Crippen LogP contribution >= 0.6 is 48.8 Å². The molecule has 0 saturated carbocycles. The highest BCUT2D eigenvalue weighted by Crippen LogP contribution is 2.52. The Hall–Kier alpha value is -1.34. The van der Waals surface area contributed by atoms with Gasteiger partial charge in [0.05, 0.1) is 21.7 Å². The number of benzene rings is 2. The maximum Gasteiger partial charge on any atom is 0.260 e. The van der Waals surface area contributed by atoms with Crippen molar-refractivity contribution in [3.63, 3.8) is 0 Å². The van der Waals surface area contributed by atoms with Crippen molar-refractivity contribution in [3.05, 3.63) is 66.8 Å². The van der Waals surface area contributed by atoms with Crippen LogP contribution in [0.15, 0.2) is 46.9 Å². The third kappa shape index (κ3) is 2.62. The van der Waals surface area contributed by atoms with Crippen LogP contribution in [0.3, 0.4) is 0 Å². The molecule has 2 nitrogen and oxygen atoms in total. The molecule has 3 aromatic rings. The summed E-state index contributed by atoms with van der Waals surface area (Å²) in [6.07, 6.45) is 0. The number of aryl methyl sites for hydroxylation is 1. The van der Waals surface area contributed by atoms with Gasteiger partial charge in [0.2, 0.25) is 0 Å². The van der Waals surface area contributed by atoms with Crippen molar-refractivity contribution >= 4 is 60.4 Å². The quantitative estimate of drug-likeness (QED) is 0.282. The van der Waals surface area contributed by atoms with Gasteiger partial charge in [-0.3, -0.25) is 9.69 Å². The van der Waals surface area contributed by atoms with Gasteiger partial charge in [0.15, 0.2) is 0 Å². The first-order valence-electron chi connectivity index (χ1n) is 8.16. The molecular weight excluding hydrogens is 446 g/mol. The average molecular weight is 462 g/mol. The van der Waals surface area contributed by atoms with Crippen LogP contribution in [0.1, 0.15) is 34.6 Å². The third-order valence-corrected chi connectivity index (χ3v) is 8.74. The van der Waals surface area contributed by atoms with Crippen molar-refractivity contribution < 1.29 is 4.79 Å². The summed E-state index contributed by atoms with van der Waals surface area (Å²) in [6.45, 7) is 6.25. The minimum absolute atomic E-state index is 0.00991. The van der Waals surface area contributed by atoms with Gasteiger partial charge in [-0.25, -0.2) is 0 Å². The second-order valence-corrected chi connectivity index (χ2v) is 10.5. The number of halogens is 1. The Morgan fingerprint density at radius 2 is 1.88 bits per heavy atom. The Bertz CT molecular complexity index is 1100. The van der Waals surface area contributed by atoms with Gasteiger partial charge < -0.3 is 0 Å². The standard InChI is InChI=1S/C20H16BrNOS3/c1-11-8-9-13-15(10-11)22(18(23)12-6-4-5-7-14(12)21)20(2,3)17-16(13)19(24)26-25-17/h4-10H,1-3H3. The molecule has 1 aromatic heterocycles. The highest BCUT2D eigenvalue weighted by atomic mass is 79.9. The van der Waals surface area contributed by atoms with E-state index < -0.39 is 5.54 Å². The fraction of sp³-hybridized carbons (Fsp3) is 0.200. The van der Waals surface area contributed by atoms with Crippen LogP contribution in [-0.4, -0.2) is 5.91 Å². The van der Waals surface area contributed by atoms with Crippen LogP contribution in [0, 0.1) is 10.7 Å². The van der Waals surface area contributed by atoms with E-state index in [1.807, 2.05) is 29.2 Å². The first-order chi connectivity index (χ1) is 12.3. The van der Waals surface area contributed by atoms with Gasteiger partial charge in [-0.1, -0.05) is 57.2 Å². The monoisotopic (exact) mass is 461 g/mol. The van der Waals surface area contributed by atoms with Crippen molar-refractivity contribution in [2.75, 3.05) is 4.90 Å². The van der Waals surface area contributed by atoms with E-state index in [2.05, 4.69) is 54.9 Å². The topological polar surface area (TPSA) is 20.3 Å². The van der Waals surface area contributed by atoms with Gasteiger partial charge in [-0.2, -0.15) is 0 Å². The number of carbonyl (C=O) groups excluding carboxylic acids is 1. The highest BCUT2D eigenvalue weighted by molar-refractivity contribution is 9.10. The Kier molecular flexibility index (Phi) is 4.42. The second-order valence-electron chi connectivity index (χ2n) is 6.86. The fourth-order valence-electron chi connectivity index (χ4n) is 3.45. The molecule has 132 valence electrons. The van der Waals surface area contributed by atoms with E-state index >= 15 is 0 Å². The Labute approximate surface area is 173 Å². The van der Waals surface area contributed by atoms with E-state index in [4.69, 9.17) is 12.2 Å². The summed E-state index contributed by atoms with van der Waals surface area (Å²) in [5, 5.41) is 0. The van der Waals surface area contributed by atoms with Crippen LogP contribution in [-0.2, 0) is 5.54 Å². The molecule has 0 atom stereocenters. The van der Waals surface area contributed by atoms with Crippen molar-refractivity contribution in [2.24, 2.45) is 0 Å². The summed E-state index contributed by atoms with van der Waals surface area (Å²) in [5.74, 6) is -0.00991. The maximum absolute atomic E-state index is 13.6. The smallest absolute Gasteiger partial charge is 0.260 e. The molecule has 0 fully saturated rings. The predicted molar refractivity (Wildman–Crippen MR) is 117 cm³/mol. The van der Waals surface area contributed by atoms with Crippen molar-refractivity contribution in [1.82, 2.24) is 0 Å². The van der Waals surface area contributed by atoms with E-state index in [1.54, 1.807) is 20.7 Å². The number of amides is 1. The van der Waals surface area contributed by atoms with Crippen LogP contribution in [0.5, 0.6) is 0 Å². The number of nitrogens with zero attached hydrogens (tertiary/aromatic N) is 1. The molecule has 0 bridgehead atoms. The maximum atomic E-state index is 13.6. The number of anilines is 1. The Morgan fingerprint density at radius 1 is 1.15 bits per heavy atom. The molecule has 0 spiro atoms. The number of hydrogen-bond donors (Lipinski definition) is 0. The molecule has 6 heteroatoms. The largest absolute Gasteiger partial charge is 0.297 e. The van der Waals surface area contributed by atoms with E-state index in [0.717, 1.165) is 35.6 Å². The zero-order chi connectivity index (χ0) is 18.6. The molecule has 1 aliphatic rings. The van der Waals surface area contributed by atoms with Gasteiger partial charge in [-0.05, 0) is 60.5 Å². The SMILES string of the molecule is Cc1ccc2c(c1)N(C(=O)c1ccccc1Br)C(C)(C)c1ssc(=S)c1-2. The van der Waals surface area contributed by atoms with Crippen molar-refractivity contribution in [1.29, 1.82) is 0 Å². The van der Waals surface area contributed by atoms with Crippen LogP contribution in [0.2, 0.25) is 0 Å². The Morgan fingerprint density at radius 3 is 2.62 bits per heavy atom. The van der Waals surface area contributed by atoms with Crippen LogP contribution in [0.25, 0.3) is 11.1 Å². The first kappa shape index (κ1) is 18.0. The molecule has 0 aliphatic carbocycles. The zero-order valence-corrected chi connectivity index (χ0v) is 18.5. The van der Waals surface area contributed by atoms with Crippen molar-refractivity contribution in [2.45, 2.75) is 26.3 Å². The van der Waals surface area contributed by atoms with Gasteiger partial charge in [0.25, 0.3) is 5.91 Å². The molecule has 0 N–H and O–H groups in total. The van der Waals surface area contributed by atoms with Crippen LogP contribution in [0.4, 0.5) is 5.69 Å². The first-order valence-corrected chi connectivity index (χ1v) is 11.5. The summed E-state index contributed by atoms with van der Waals surface area (Å²) in [6, 6.07) is 13.8. The summed E-state index contributed by atoms with van der Waals surface area (Å²) in [5.41, 5.74) is 4.41. The van der Waals surface area contributed by atoms with E-state index in [9.17, 15) is 4.79 Å². The fourth-order valence-corrected chi connectivity index (χ4v) is 7.19. The summed E-state index contributed by atoms with van der Waals surface area (Å²) in [4.78, 5) is 16.7. The molecule has 1 amide bonds. The number of rotatable bonds is 1. The lowest BCUT2D eigenvalue weighted by Crippen LogP contribution is -2.48. The predicted octanol–water partition coefficient (Wildman–Crippen LogP) is 7.17. The van der Waals surface area contributed by atoms with E-state index in [0.29, 0.717) is 5.56 Å². The summed E-state index contributed by atoms with van der Waals surface area (Å²) in [7, 11) is 3.29. The lowest BCUT2D eigenvalue weighted by molar-refractivity contribution is 0.0961. The minimum Gasteiger partial charge on any atom is -0.297 e. The summed E-state index contributed by atoms with van der Waals surface area (Å²) < 4.78 is 1.70. The molecule has 4 rings (SSSR count). The van der Waals surface area contributed by atoms with E-state index in [1.165, 1.54) is 0 Å². The second kappa shape index (κ2) is 6.37. The van der Waals surface area contributed by atoms with Crippen LogP contribution < -0.4 is 4.90 Å². The van der Waals surface area contributed by atoms with Gasteiger partial charge >= 0.3 is 0 Å². The van der Waals surface area contributed by atoms with Crippen molar-refractivity contribution in [3.8, 4) is 11.1 Å². The molecule has 0 unspecified atom stereocenters. The number of fused-ring (bicyclic) bond motifs is 3. The molecular formula is C20H16BrNOS3. The van der Waals surface area contributed by atoms with Gasteiger partial charge in [-0.15, -0.1) is 0 Å². The lowest BCUT2D eigenvalue weighted by atomic mass is 9.86. The molecule has 2 aromatic carbocycles. The number of carbonyl (C=O) groups is 1. The van der Waals surface area contributed by atoms with Gasteiger partial charge in [0.1, 0.15) is 3.82 Å². The molecule has 1 aliphatic heterocycles. The third-order valence-electron chi connectivity index (χ3n) is 4.72.